The first-order valence-corrected chi connectivity index (χ1v) is 7.62. The fourth-order valence-corrected chi connectivity index (χ4v) is 2.31. The molecule has 0 heterocycles. The molecular weight excluding hydrogens is 306 g/mol. The fourth-order valence-electron chi connectivity index (χ4n) is 2.31. The normalized spacial score (nSPS) is 11.5. The molecule has 0 radical (unpaired) electrons. The Morgan fingerprint density at radius 2 is 1.75 bits per heavy atom. The van der Waals surface area contributed by atoms with Crippen LogP contribution in [-0.2, 0) is 4.79 Å². The van der Waals surface area contributed by atoms with Gasteiger partial charge in [-0.05, 0) is 38.1 Å². The molecule has 0 saturated carbocycles. The highest BCUT2D eigenvalue weighted by Gasteiger charge is 2.22. The van der Waals surface area contributed by atoms with Crippen molar-refractivity contribution in [3.8, 4) is 11.5 Å². The number of benzene rings is 2. The largest absolute Gasteiger partial charge is 0.497 e. The van der Waals surface area contributed by atoms with Gasteiger partial charge in [0.15, 0.2) is 11.9 Å². The molecule has 0 N–H and O–H groups in total. The molecular formula is C19H21NO4. The molecule has 0 aromatic heterocycles. The summed E-state index contributed by atoms with van der Waals surface area (Å²) in [7, 11) is 3.22. The Kier molecular flexibility index (Phi) is 5.58. The maximum absolute atomic E-state index is 12.6. The Morgan fingerprint density at radius 3 is 2.33 bits per heavy atom. The zero-order valence-electron chi connectivity index (χ0n) is 14.3. The van der Waals surface area contributed by atoms with Gasteiger partial charge in [-0.15, -0.1) is 0 Å². The van der Waals surface area contributed by atoms with E-state index in [9.17, 15) is 9.59 Å². The number of nitrogens with zero attached hydrogens (tertiary/aromatic N) is 1. The quantitative estimate of drug-likeness (QED) is 0.764. The van der Waals surface area contributed by atoms with Gasteiger partial charge in [0, 0.05) is 18.8 Å². The number of methoxy groups -OCH3 is 1. The Hall–Kier alpha value is -2.82. The number of Topliss-reactive ketones (excluding diaryl/α,β-unsaturated/α-hetero) is 1. The van der Waals surface area contributed by atoms with Crippen LogP contribution in [0.15, 0.2) is 48.5 Å². The first kappa shape index (κ1) is 17.5. The summed E-state index contributed by atoms with van der Waals surface area (Å²) in [6.45, 7) is 3.11. The molecule has 0 aliphatic rings. The number of amides is 1. The van der Waals surface area contributed by atoms with E-state index in [4.69, 9.17) is 9.47 Å². The summed E-state index contributed by atoms with van der Waals surface area (Å²) in [4.78, 5) is 25.9. The van der Waals surface area contributed by atoms with Crippen LogP contribution in [0.1, 0.15) is 24.2 Å². The molecule has 0 bridgehead atoms. The number of carbonyl (C=O) groups is 2. The van der Waals surface area contributed by atoms with Crippen LogP contribution in [0.5, 0.6) is 11.5 Å². The highest BCUT2D eigenvalue weighted by molar-refractivity contribution is 5.98. The minimum absolute atomic E-state index is 0.135. The molecule has 0 aliphatic heterocycles. The maximum atomic E-state index is 12.6. The molecule has 2 aromatic carbocycles. The van der Waals surface area contributed by atoms with Crippen molar-refractivity contribution in [2.45, 2.75) is 20.0 Å². The third-order valence-electron chi connectivity index (χ3n) is 3.69. The molecule has 0 saturated heterocycles. The second-order valence-corrected chi connectivity index (χ2v) is 5.41. The van der Waals surface area contributed by atoms with Gasteiger partial charge in [-0.25, -0.2) is 0 Å². The number of rotatable bonds is 6. The van der Waals surface area contributed by atoms with Crippen LogP contribution in [0, 0.1) is 0 Å². The van der Waals surface area contributed by atoms with E-state index in [0.29, 0.717) is 17.1 Å². The number of hydrogen-bond acceptors (Lipinski definition) is 4. The summed E-state index contributed by atoms with van der Waals surface area (Å²) in [6, 6.07) is 14.2. The number of anilines is 1. The molecule has 24 heavy (non-hydrogen) atoms. The zero-order valence-corrected chi connectivity index (χ0v) is 14.3. The minimum atomic E-state index is -0.750. The Bertz CT molecular complexity index is 727. The second-order valence-electron chi connectivity index (χ2n) is 5.41. The van der Waals surface area contributed by atoms with Gasteiger partial charge in [-0.2, -0.15) is 0 Å². The minimum Gasteiger partial charge on any atom is -0.497 e. The van der Waals surface area contributed by atoms with E-state index in [1.54, 1.807) is 32.2 Å². The number of likely N-dealkylation sites (N-methyl/N-ethyl adjacent to an activating group) is 1. The topological polar surface area (TPSA) is 55.8 Å². The predicted molar refractivity (Wildman–Crippen MR) is 92.9 cm³/mol. The fraction of sp³-hybridized carbons (Fsp3) is 0.263. The van der Waals surface area contributed by atoms with E-state index >= 15 is 0 Å². The first-order valence-electron chi connectivity index (χ1n) is 7.62. The number of hydrogen-bond donors (Lipinski definition) is 0. The Labute approximate surface area is 141 Å². The van der Waals surface area contributed by atoms with Crippen molar-refractivity contribution in [1.29, 1.82) is 0 Å². The Balaban J connectivity index is 2.21. The summed E-state index contributed by atoms with van der Waals surface area (Å²) < 4.78 is 10.9. The Morgan fingerprint density at radius 1 is 1.08 bits per heavy atom. The van der Waals surface area contributed by atoms with Crippen molar-refractivity contribution in [1.82, 2.24) is 0 Å². The van der Waals surface area contributed by atoms with Gasteiger partial charge in [-0.1, -0.05) is 18.2 Å². The number of para-hydroxylation sites is 1. The number of ether oxygens (including phenoxy) is 2. The van der Waals surface area contributed by atoms with E-state index in [-0.39, 0.29) is 11.7 Å². The SMILES string of the molecule is COc1ccc(C(C)=O)c(OC(C)C(=O)N(C)c2ccccc2)c1. The first-order chi connectivity index (χ1) is 11.4. The maximum Gasteiger partial charge on any atom is 0.267 e. The highest BCUT2D eigenvalue weighted by atomic mass is 16.5. The van der Waals surface area contributed by atoms with E-state index in [1.807, 2.05) is 30.3 Å². The van der Waals surface area contributed by atoms with Crippen LogP contribution in [-0.4, -0.2) is 32.0 Å². The average Bonchev–Trinajstić information content (AvgIpc) is 2.60. The molecule has 126 valence electrons. The molecule has 1 unspecified atom stereocenters. The van der Waals surface area contributed by atoms with Crippen molar-refractivity contribution in [2.75, 3.05) is 19.1 Å². The van der Waals surface area contributed by atoms with Crippen LogP contribution >= 0.6 is 0 Å². The van der Waals surface area contributed by atoms with Gasteiger partial charge in [-0.3, -0.25) is 9.59 Å². The monoisotopic (exact) mass is 327 g/mol. The van der Waals surface area contributed by atoms with E-state index < -0.39 is 6.10 Å². The molecule has 0 fully saturated rings. The summed E-state index contributed by atoms with van der Waals surface area (Å²) >= 11 is 0. The zero-order chi connectivity index (χ0) is 17.7. The number of ketones is 1. The molecule has 5 heteroatoms. The average molecular weight is 327 g/mol. The van der Waals surface area contributed by atoms with Gasteiger partial charge in [0.25, 0.3) is 5.91 Å². The predicted octanol–water partition coefficient (Wildman–Crippen LogP) is 3.33. The van der Waals surface area contributed by atoms with Crippen LogP contribution < -0.4 is 14.4 Å². The lowest BCUT2D eigenvalue weighted by Gasteiger charge is -2.23. The summed E-state index contributed by atoms with van der Waals surface area (Å²) in [5.41, 5.74) is 1.19. The van der Waals surface area contributed by atoms with Gasteiger partial charge in [0.2, 0.25) is 0 Å². The summed E-state index contributed by atoms with van der Waals surface area (Å²) in [6.07, 6.45) is -0.750. The van der Waals surface area contributed by atoms with Crippen molar-refractivity contribution in [2.24, 2.45) is 0 Å². The van der Waals surface area contributed by atoms with E-state index in [0.717, 1.165) is 5.69 Å². The summed E-state index contributed by atoms with van der Waals surface area (Å²) in [5, 5.41) is 0. The van der Waals surface area contributed by atoms with Crippen LogP contribution in [0.25, 0.3) is 0 Å². The van der Waals surface area contributed by atoms with Crippen LogP contribution in [0.2, 0.25) is 0 Å². The highest BCUT2D eigenvalue weighted by Crippen LogP contribution is 2.27. The molecule has 0 spiro atoms. The second kappa shape index (κ2) is 7.64. The molecule has 1 atom stereocenters. The van der Waals surface area contributed by atoms with E-state index in [2.05, 4.69) is 0 Å². The molecule has 0 aliphatic carbocycles. The standard InChI is InChI=1S/C19H21NO4/c1-13(21)17-11-10-16(23-4)12-18(17)24-14(2)19(22)20(3)15-8-6-5-7-9-15/h5-12,14H,1-4H3. The van der Waals surface area contributed by atoms with Crippen LogP contribution in [0.4, 0.5) is 5.69 Å². The molecule has 1 amide bonds. The van der Waals surface area contributed by atoms with Gasteiger partial charge >= 0.3 is 0 Å². The van der Waals surface area contributed by atoms with Gasteiger partial charge < -0.3 is 14.4 Å². The van der Waals surface area contributed by atoms with E-state index in [1.165, 1.54) is 18.9 Å². The lowest BCUT2D eigenvalue weighted by atomic mass is 10.1. The van der Waals surface area contributed by atoms with Crippen molar-refractivity contribution >= 4 is 17.4 Å². The molecule has 2 rings (SSSR count). The van der Waals surface area contributed by atoms with Crippen LogP contribution in [0.3, 0.4) is 0 Å². The van der Waals surface area contributed by atoms with Crippen molar-refractivity contribution in [3.05, 3.63) is 54.1 Å². The third-order valence-corrected chi connectivity index (χ3v) is 3.69. The lowest BCUT2D eigenvalue weighted by Crippen LogP contribution is -2.38. The number of carbonyl (C=O) groups excluding carboxylic acids is 2. The molecule has 5 nitrogen and oxygen atoms in total. The van der Waals surface area contributed by atoms with Gasteiger partial charge in [0.05, 0.1) is 12.7 Å². The van der Waals surface area contributed by atoms with Crippen molar-refractivity contribution in [3.63, 3.8) is 0 Å². The smallest absolute Gasteiger partial charge is 0.267 e. The lowest BCUT2D eigenvalue weighted by molar-refractivity contribution is -0.124. The third kappa shape index (κ3) is 3.93. The van der Waals surface area contributed by atoms with Gasteiger partial charge in [0.1, 0.15) is 11.5 Å². The van der Waals surface area contributed by atoms with Crippen molar-refractivity contribution < 1.29 is 19.1 Å². The summed E-state index contributed by atoms with van der Waals surface area (Å²) in [5.74, 6) is 0.553. The molecule has 2 aromatic rings.